The van der Waals surface area contributed by atoms with Crippen molar-refractivity contribution in [3.63, 3.8) is 0 Å². The fourth-order valence-electron chi connectivity index (χ4n) is 3.34. The Morgan fingerprint density at radius 3 is 2.93 bits per heavy atom. The van der Waals surface area contributed by atoms with Crippen molar-refractivity contribution < 1.29 is 17.7 Å². The molecule has 30 heavy (non-hydrogen) atoms. The van der Waals surface area contributed by atoms with Crippen molar-refractivity contribution in [1.29, 1.82) is 0 Å². The highest BCUT2D eigenvalue weighted by atomic mass is 32.2. The summed E-state index contributed by atoms with van der Waals surface area (Å²) in [5, 5.41) is 10.8. The molecule has 8 nitrogen and oxygen atoms in total. The molecule has 1 aliphatic heterocycles. The Hall–Kier alpha value is -2.34. The van der Waals surface area contributed by atoms with Gasteiger partial charge in [0.05, 0.1) is 5.92 Å². The molecule has 0 bridgehead atoms. The number of hydrogen-bond donors (Lipinski definition) is 1. The van der Waals surface area contributed by atoms with E-state index in [0.29, 0.717) is 30.2 Å². The number of aryl methyl sites for hydroxylation is 1. The van der Waals surface area contributed by atoms with Crippen LogP contribution in [0.15, 0.2) is 38.5 Å². The van der Waals surface area contributed by atoms with E-state index in [2.05, 4.69) is 15.5 Å². The highest BCUT2D eigenvalue weighted by Gasteiger charge is 2.37. The third kappa shape index (κ3) is 4.38. The predicted octanol–water partition coefficient (Wildman–Crippen LogP) is 3.71. The Balaban J connectivity index is 1.54. The van der Waals surface area contributed by atoms with Crippen LogP contribution in [0.1, 0.15) is 29.2 Å². The van der Waals surface area contributed by atoms with Crippen molar-refractivity contribution in [1.82, 2.24) is 14.4 Å². The molecule has 1 atom stereocenters. The highest BCUT2D eigenvalue weighted by Crippen LogP contribution is 2.30. The van der Waals surface area contributed by atoms with E-state index in [1.165, 1.54) is 27.0 Å². The van der Waals surface area contributed by atoms with Gasteiger partial charge in [0, 0.05) is 29.5 Å². The van der Waals surface area contributed by atoms with Crippen LogP contribution in [0.2, 0.25) is 0 Å². The SMILES string of the molecule is Cc1noc(C=Cc2cccs2)c1S(=O)(=O)N1CCCC(C(=O)Nc2nccs2)C1. The van der Waals surface area contributed by atoms with Gasteiger partial charge in [-0.3, -0.25) is 4.79 Å². The molecule has 3 aromatic heterocycles. The predicted molar refractivity (Wildman–Crippen MR) is 117 cm³/mol. The number of amides is 1. The summed E-state index contributed by atoms with van der Waals surface area (Å²) in [6.45, 7) is 2.07. The summed E-state index contributed by atoms with van der Waals surface area (Å²) >= 11 is 2.86. The van der Waals surface area contributed by atoms with Crippen molar-refractivity contribution in [3.05, 3.63) is 45.4 Å². The number of thiophene rings is 1. The lowest BCUT2D eigenvalue weighted by molar-refractivity contribution is -0.120. The number of rotatable bonds is 6. The minimum atomic E-state index is -3.86. The standard InChI is InChI=1S/C19H20N4O4S3/c1-13-17(16(27-22-13)7-6-15-5-3-10-28-15)30(25,26)23-9-2-4-14(12-23)18(24)21-19-20-8-11-29-19/h3,5-8,10-11,14H,2,4,9,12H2,1H3,(H,20,21,24). The minimum absolute atomic E-state index is 0.0521. The molecule has 158 valence electrons. The van der Waals surface area contributed by atoms with E-state index >= 15 is 0 Å². The number of nitrogens with one attached hydrogen (secondary N) is 1. The van der Waals surface area contributed by atoms with E-state index in [-0.39, 0.29) is 23.1 Å². The number of aromatic nitrogens is 2. The van der Waals surface area contributed by atoms with Crippen molar-refractivity contribution >= 4 is 55.9 Å². The van der Waals surface area contributed by atoms with Gasteiger partial charge in [-0.25, -0.2) is 13.4 Å². The molecule has 4 heterocycles. The van der Waals surface area contributed by atoms with E-state index in [1.54, 1.807) is 30.7 Å². The summed E-state index contributed by atoms with van der Waals surface area (Å²) in [6.07, 6.45) is 6.24. The summed E-state index contributed by atoms with van der Waals surface area (Å²) in [4.78, 5) is 17.7. The maximum atomic E-state index is 13.4. The lowest BCUT2D eigenvalue weighted by Gasteiger charge is -2.30. The Morgan fingerprint density at radius 2 is 2.20 bits per heavy atom. The van der Waals surface area contributed by atoms with Gasteiger partial charge in [-0.1, -0.05) is 11.2 Å². The summed E-state index contributed by atoms with van der Waals surface area (Å²) in [5.41, 5.74) is 0.301. The number of hydrogen-bond acceptors (Lipinski definition) is 8. The molecular weight excluding hydrogens is 444 g/mol. The van der Waals surface area contributed by atoms with Gasteiger partial charge in [0.1, 0.15) is 5.69 Å². The molecule has 1 aliphatic rings. The Morgan fingerprint density at radius 1 is 1.33 bits per heavy atom. The molecule has 1 unspecified atom stereocenters. The molecule has 0 aliphatic carbocycles. The van der Waals surface area contributed by atoms with Crippen molar-refractivity contribution in [2.45, 2.75) is 24.7 Å². The zero-order chi connectivity index (χ0) is 21.1. The van der Waals surface area contributed by atoms with Crippen molar-refractivity contribution in [3.8, 4) is 0 Å². The minimum Gasteiger partial charge on any atom is -0.355 e. The van der Waals surface area contributed by atoms with Gasteiger partial charge in [-0.05, 0) is 43.4 Å². The average molecular weight is 465 g/mol. The second kappa shape index (κ2) is 8.80. The zero-order valence-electron chi connectivity index (χ0n) is 16.1. The van der Waals surface area contributed by atoms with E-state index < -0.39 is 15.9 Å². The number of carbonyl (C=O) groups excluding carboxylic acids is 1. The van der Waals surface area contributed by atoms with Crippen LogP contribution in [0.25, 0.3) is 12.2 Å². The van der Waals surface area contributed by atoms with Crippen LogP contribution in [-0.4, -0.2) is 41.9 Å². The van der Waals surface area contributed by atoms with Crippen LogP contribution in [-0.2, 0) is 14.8 Å². The first kappa shape index (κ1) is 20.9. The third-order valence-corrected chi connectivity index (χ3v) is 8.34. The first-order valence-electron chi connectivity index (χ1n) is 9.33. The monoisotopic (exact) mass is 464 g/mol. The van der Waals surface area contributed by atoms with Gasteiger partial charge in [0.15, 0.2) is 15.8 Å². The van der Waals surface area contributed by atoms with Crippen LogP contribution in [0.3, 0.4) is 0 Å². The molecule has 1 amide bonds. The van der Waals surface area contributed by atoms with Crippen molar-refractivity contribution in [2.75, 3.05) is 18.4 Å². The fourth-order valence-corrected chi connectivity index (χ4v) is 6.26. The largest absolute Gasteiger partial charge is 0.355 e. The maximum absolute atomic E-state index is 13.4. The second-order valence-corrected chi connectivity index (χ2v) is 10.6. The summed E-state index contributed by atoms with van der Waals surface area (Å²) in [6, 6.07) is 3.84. The molecule has 0 radical (unpaired) electrons. The number of carbonyl (C=O) groups is 1. The average Bonchev–Trinajstić information content (AvgIpc) is 3.49. The lowest BCUT2D eigenvalue weighted by Crippen LogP contribution is -2.43. The van der Waals surface area contributed by atoms with Crippen LogP contribution in [0.4, 0.5) is 5.13 Å². The molecular formula is C19H20N4O4S3. The van der Waals surface area contributed by atoms with E-state index in [0.717, 1.165) is 4.88 Å². The van der Waals surface area contributed by atoms with Gasteiger partial charge in [0.25, 0.3) is 0 Å². The van der Waals surface area contributed by atoms with Crippen LogP contribution < -0.4 is 5.32 Å². The molecule has 4 rings (SSSR count). The normalized spacial score (nSPS) is 18.1. The molecule has 0 aromatic carbocycles. The number of thiazole rings is 1. The molecule has 1 fully saturated rings. The van der Waals surface area contributed by atoms with E-state index in [1.807, 2.05) is 17.5 Å². The van der Waals surface area contributed by atoms with Gasteiger partial charge in [0.2, 0.25) is 15.9 Å². The Labute approximate surface area is 182 Å². The topological polar surface area (TPSA) is 105 Å². The summed E-state index contributed by atoms with van der Waals surface area (Å²) in [5.74, 6) is -0.470. The first-order valence-corrected chi connectivity index (χ1v) is 12.5. The van der Waals surface area contributed by atoms with E-state index in [9.17, 15) is 13.2 Å². The van der Waals surface area contributed by atoms with Gasteiger partial charge < -0.3 is 9.84 Å². The van der Waals surface area contributed by atoms with Gasteiger partial charge in [-0.2, -0.15) is 4.31 Å². The molecule has 11 heteroatoms. The van der Waals surface area contributed by atoms with Crippen LogP contribution in [0, 0.1) is 12.8 Å². The van der Waals surface area contributed by atoms with Crippen molar-refractivity contribution in [2.24, 2.45) is 5.92 Å². The molecule has 0 spiro atoms. The van der Waals surface area contributed by atoms with Gasteiger partial charge in [-0.15, -0.1) is 22.7 Å². The first-order chi connectivity index (χ1) is 14.4. The number of anilines is 1. The molecule has 1 saturated heterocycles. The number of piperidine rings is 1. The zero-order valence-corrected chi connectivity index (χ0v) is 18.6. The third-order valence-electron chi connectivity index (χ3n) is 4.79. The number of sulfonamides is 1. The highest BCUT2D eigenvalue weighted by molar-refractivity contribution is 7.89. The molecule has 3 aromatic rings. The van der Waals surface area contributed by atoms with Crippen LogP contribution in [0.5, 0.6) is 0 Å². The molecule has 1 N–H and O–H groups in total. The quantitative estimate of drug-likeness (QED) is 0.596. The van der Waals surface area contributed by atoms with Gasteiger partial charge >= 0.3 is 0 Å². The Kier molecular flexibility index (Phi) is 6.14. The maximum Gasteiger partial charge on any atom is 0.248 e. The van der Waals surface area contributed by atoms with Crippen LogP contribution >= 0.6 is 22.7 Å². The lowest BCUT2D eigenvalue weighted by atomic mass is 9.99. The van der Waals surface area contributed by atoms with E-state index in [4.69, 9.17) is 4.52 Å². The fraction of sp³-hybridized carbons (Fsp3) is 0.316. The smallest absolute Gasteiger partial charge is 0.248 e. The summed E-state index contributed by atoms with van der Waals surface area (Å²) < 4.78 is 33.4. The number of nitrogens with zero attached hydrogens (tertiary/aromatic N) is 3. The molecule has 0 saturated carbocycles. The Bertz CT molecular complexity index is 1130. The summed E-state index contributed by atoms with van der Waals surface area (Å²) in [7, 11) is -3.86. The second-order valence-electron chi connectivity index (χ2n) is 6.84.